The summed E-state index contributed by atoms with van der Waals surface area (Å²) in [6.45, 7) is 1.07. The molecule has 0 atom stereocenters. The van der Waals surface area contributed by atoms with Gasteiger partial charge in [0, 0.05) is 6.54 Å². The summed E-state index contributed by atoms with van der Waals surface area (Å²) >= 11 is 0. The van der Waals surface area contributed by atoms with Crippen molar-refractivity contribution < 1.29 is 0 Å². The average Bonchev–Trinajstić information content (AvgIpc) is 1.76. The second-order valence-corrected chi connectivity index (χ2v) is 1.23. The average molecular weight is 278 g/mol. The van der Waals surface area contributed by atoms with Gasteiger partial charge in [0.05, 0.1) is 0 Å². The molecule has 1 aliphatic heterocycles. The summed E-state index contributed by atoms with van der Waals surface area (Å²) in [5, 5.41) is 0. The molecule has 0 aromatic heterocycles. The Morgan fingerprint density at radius 1 is 1.50 bits per heavy atom. The third kappa shape index (κ3) is 1.89. The van der Waals surface area contributed by atoms with Crippen LogP contribution in [0, 0.1) is 0 Å². The summed E-state index contributed by atoms with van der Waals surface area (Å²) in [7, 11) is 0. The number of rotatable bonds is 0. The fourth-order valence-corrected chi connectivity index (χ4v) is 0.456. The predicted molar refractivity (Wildman–Crippen MR) is 31.1 cm³/mol. The molecule has 0 saturated carbocycles. The molecule has 0 fully saturated rings. The summed E-state index contributed by atoms with van der Waals surface area (Å²) in [4.78, 5) is 3.96. The Kier molecular flexibility index (Phi) is 4.14. The van der Waals surface area contributed by atoms with Crippen molar-refractivity contribution in [2.45, 2.75) is 12.8 Å². The van der Waals surface area contributed by atoms with Gasteiger partial charge in [0.25, 0.3) is 0 Å². The SMILES string of the molecule is C1=NCCC1.[PbH2]. The zero-order chi connectivity index (χ0) is 3.54. The van der Waals surface area contributed by atoms with Crippen molar-refractivity contribution in [2.24, 2.45) is 4.99 Å². The molecule has 2 heteroatoms. The van der Waals surface area contributed by atoms with Gasteiger partial charge < -0.3 is 0 Å². The first-order valence-electron chi connectivity index (χ1n) is 1.98. The molecule has 0 spiro atoms. The van der Waals surface area contributed by atoms with Crippen LogP contribution in [0.5, 0.6) is 0 Å². The van der Waals surface area contributed by atoms with Crippen LogP contribution in [-0.2, 0) is 0 Å². The second-order valence-electron chi connectivity index (χ2n) is 1.23. The maximum absolute atomic E-state index is 3.96. The van der Waals surface area contributed by atoms with E-state index < -0.39 is 0 Å². The number of hydrogen-bond donors (Lipinski definition) is 0. The molecule has 0 saturated heterocycles. The minimum atomic E-state index is 0. The Morgan fingerprint density at radius 2 is 2.33 bits per heavy atom. The normalized spacial score (nSPS) is 17.3. The Morgan fingerprint density at radius 3 is 2.50 bits per heavy atom. The molecule has 2 radical (unpaired) electrons. The van der Waals surface area contributed by atoms with E-state index in [-0.39, 0.29) is 27.3 Å². The van der Waals surface area contributed by atoms with Crippen molar-refractivity contribution in [1.29, 1.82) is 0 Å². The molecule has 0 aromatic rings. The number of nitrogens with zero attached hydrogens (tertiary/aromatic N) is 1. The van der Waals surface area contributed by atoms with E-state index in [0.29, 0.717) is 0 Å². The molecule has 0 N–H and O–H groups in total. The molecule has 1 heterocycles. The van der Waals surface area contributed by atoms with Crippen molar-refractivity contribution in [3.8, 4) is 0 Å². The molecule has 1 aliphatic rings. The van der Waals surface area contributed by atoms with E-state index in [1.54, 1.807) is 0 Å². The number of aliphatic imine (C=N–C) groups is 1. The standard InChI is InChI=1S/C4H7N.Pb.2H/c1-2-4-5-3-1;;;/h3H,1-2,4H2;;;. The van der Waals surface area contributed by atoms with Crippen LogP contribution in [0.3, 0.4) is 0 Å². The third-order valence-electron chi connectivity index (χ3n) is 0.750. The third-order valence-corrected chi connectivity index (χ3v) is 0.750. The molecule has 0 bridgehead atoms. The van der Waals surface area contributed by atoms with E-state index in [2.05, 4.69) is 4.99 Å². The zero-order valence-electron chi connectivity index (χ0n) is 3.85. The molecule has 1 rings (SSSR count). The monoisotopic (exact) mass is 279 g/mol. The second kappa shape index (κ2) is 3.77. The van der Waals surface area contributed by atoms with E-state index in [0.717, 1.165) is 6.54 Å². The van der Waals surface area contributed by atoms with E-state index in [1.807, 2.05) is 6.21 Å². The molecule has 0 amide bonds. The molecule has 0 aromatic carbocycles. The van der Waals surface area contributed by atoms with Crippen LogP contribution in [0.2, 0.25) is 0 Å². The predicted octanol–water partition coefficient (Wildman–Crippen LogP) is -0.0652. The van der Waals surface area contributed by atoms with Gasteiger partial charge >= 0.3 is 27.3 Å². The quantitative estimate of drug-likeness (QED) is 0.550. The van der Waals surface area contributed by atoms with E-state index in [1.165, 1.54) is 12.8 Å². The Balaban J connectivity index is 0.000000250. The van der Waals surface area contributed by atoms with Crippen molar-refractivity contribution in [2.75, 3.05) is 6.54 Å². The summed E-state index contributed by atoms with van der Waals surface area (Å²) in [6, 6.07) is 0. The van der Waals surface area contributed by atoms with Gasteiger partial charge in [-0.05, 0) is 19.1 Å². The van der Waals surface area contributed by atoms with Crippen LogP contribution in [-0.4, -0.2) is 40.1 Å². The van der Waals surface area contributed by atoms with Gasteiger partial charge in [-0.15, -0.1) is 0 Å². The van der Waals surface area contributed by atoms with Crippen molar-refractivity contribution in [1.82, 2.24) is 0 Å². The van der Waals surface area contributed by atoms with Crippen LogP contribution in [0.4, 0.5) is 0 Å². The van der Waals surface area contributed by atoms with Gasteiger partial charge in [-0.1, -0.05) is 0 Å². The first kappa shape index (κ1) is 6.59. The maximum atomic E-state index is 3.96. The van der Waals surface area contributed by atoms with Gasteiger partial charge in [0.1, 0.15) is 0 Å². The molecule has 1 nitrogen and oxygen atoms in total. The molecule has 0 unspecified atom stereocenters. The van der Waals surface area contributed by atoms with Crippen molar-refractivity contribution in [3.63, 3.8) is 0 Å². The molecule has 0 aliphatic carbocycles. The first-order valence-corrected chi connectivity index (χ1v) is 1.98. The van der Waals surface area contributed by atoms with Crippen LogP contribution >= 0.6 is 0 Å². The summed E-state index contributed by atoms with van der Waals surface area (Å²) in [5.74, 6) is 0. The Bertz CT molecular complexity index is 45.5. The summed E-state index contributed by atoms with van der Waals surface area (Å²) in [6.07, 6.45) is 4.47. The van der Waals surface area contributed by atoms with Crippen molar-refractivity contribution in [3.05, 3.63) is 0 Å². The van der Waals surface area contributed by atoms with E-state index in [4.69, 9.17) is 0 Å². The van der Waals surface area contributed by atoms with Crippen LogP contribution in [0.1, 0.15) is 12.8 Å². The molecular formula is C4H9NPb. The molecular weight excluding hydrogens is 269 g/mol. The molecule has 34 valence electrons. The molecule has 6 heavy (non-hydrogen) atoms. The van der Waals surface area contributed by atoms with E-state index >= 15 is 0 Å². The van der Waals surface area contributed by atoms with Crippen LogP contribution in [0.15, 0.2) is 4.99 Å². The van der Waals surface area contributed by atoms with Gasteiger partial charge in [0.15, 0.2) is 0 Å². The fraction of sp³-hybridized carbons (Fsp3) is 0.750. The van der Waals surface area contributed by atoms with Crippen LogP contribution in [0.25, 0.3) is 0 Å². The topological polar surface area (TPSA) is 12.4 Å². The van der Waals surface area contributed by atoms with Gasteiger partial charge in [-0.3, -0.25) is 4.99 Å². The zero-order valence-corrected chi connectivity index (χ0v) is 9.35. The van der Waals surface area contributed by atoms with Crippen molar-refractivity contribution >= 4 is 33.5 Å². The van der Waals surface area contributed by atoms with Gasteiger partial charge in [-0.2, -0.15) is 0 Å². The van der Waals surface area contributed by atoms with Crippen LogP contribution < -0.4 is 0 Å². The number of hydrogen-bond acceptors (Lipinski definition) is 1. The summed E-state index contributed by atoms with van der Waals surface area (Å²) in [5.41, 5.74) is 0. The minimum absolute atomic E-state index is 0. The Labute approximate surface area is 58.0 Å². The van der Waals surface area contributed by atoms with Gasteiger partial charge in [0.2, 0.25) is 0 Å². The summed E-state index contributed by atoms with van der Waals surface area (Å²) < 4.78 is 0. The fourth-order valence-electron chi connectivity index (χ4n) is 0.456. The first-order chi connectivity index (χ1) is 2.50. The Hall–Kier alpha value is 0.592. The van der Waals surface area contributed by atoms with Gasteiger partial charge in [-0.25, -0.2) is 0 Å². The van der Waals surface area contributed by atoms with E-state index in [9.17, 15) is 0 Å².